The van der Waals surface area contributed by atoms with Crippen LogP contribution in [0.25, 0.3) is 0 Å². The summed E-state index contributed by atoms with van der Waals surface area (Å²) < 4.78 is 6.70. The SMILES string of the molecule is [SiH3]OC(C1CCCCC1)(C1CCCCC1)C1CCCCC1. The fourth-order valence-electron chi connectivity index (χ4n) is 6.16. The van der Waals surface area contributed by atoms with Gasteiger partial charge in [0.2, 0.25) is 0 Å². The molecule has 3 aliphatic carbocycles. The third-order valence-electron chi connectivity index (χ3n) is 7.08. The molecule has 0 heterocycles. The van der Waals surface area contributed by atoms with Crippen LogP contribution < -0.4 is 0 Å². The van der Waals surface area contributed by atoms with Gasteiger partial charge in [-0.15, -0.1) is 0 Å². The topological polar surface area (TPSA) is 9.23 Å². The van der Waals surface area contributed by atoms with Crippen molar-refractivity contribution in [2.24, 2.45) is 17.8 Å². The van der Waals surface area contributed by atoms with E-state index in [1.807, 2.05) is 0 Å². The molecule has 0 aliphatic heterocycles. The molecule has 2 heteroatoms. The van der Waals surface area contributed by atoms with Gasteiger partial charge in [0, 0.05) is 0 Å². The van der Waals surface area contributed by atoms with Crippen LogP contribution in [0.1, 0.15) is 96.3 Å². The maximum atomic E-state index is 6.70. The molecular weight excluding hydrogens is 272 g/mol. The summed E-state index contributed by atoms with van der Waals surface area (Å²) in [7, 11) is 0.947. The Morgan fingerprint density at radius 1 is 0.524 bits per heavy atom. The highest BCUT2D eigenvalue weighted by atomic mass is 28.2. The molecule has 0 atom stereocenters. The van der Waals surface area contributed by atoms with Crippen molar-refractivity contribution in [3.8, 4) is 0 Å². The third kappa shape index (κ3) is 3.27. The van der Waals surface area contributed by atoms with Crippen LogP contribution in [-0.4, -0.2) is 16.1 Å². The van der Waals surface area contributed by atoms with Gasteiger partial charge in [0.25, 0.3) is 0 Å². The highest BCUT2D eigenvalue weighted by Crippen LogP contribution is 2.52. The number of hydrogen-bond acceptors (Lipinski definition) is 1. The zero-order valence-corrected chi connectivity index (χ0v) is 16.2. The van der Waals surface area contributed by atoms with Crippen LogP contribution in [0.15, 0.2) is 0 Å². The van der Waals surface area contributed by atoms with E-state index in [1.54, 1.807) is 0 Å². The minimum atomic E-state index is 0.313. The lowest BCUT2D eigenvalue weighted by atomic mass is 9.58. The van der Waals surface area contributed by atoms with Gasteiger partial charge in [0.1, 0.15) is 10.5 Å². The minimum Gasteiger partial charge on any atom is -0.422 e. The third-order valence-corrected chi connectivity index (χ3v) is 7.79. The molecule has 0 aromatic heterocycles. The lowest BCUT2D eigenvalue weighted by Gasteiger charge is -2.54. The Labute approximate surface area is 135 Å². The van der Waals surface area contributed by atoms with Crippen molar-refractivity contribution < 1.29 is 4.43 Å². The maximum Gasteiger partial charge on any atom is 0.146 e. The smallest absolute Gasteiger partial charge is 0.146 e. The maximum absolute atomic E-state index is 6.70. The van der Waals surface area contributed by atoms with Gasteiger partial charge in [-0.1, -0.05) is 57.8 Å². The van der Waals surface area contributed by atoms with Gasteiger partial charge in [0.05, 0.1) is 5.60 Å². The molecule has 3 rings (SSSR count). The predicted octanol–water partition coefficient (Wildman–Crippen LogP) is 4.76. The summed E-state index contributed by atoms with van der Waals surface area (Å²) in [6.07, 6.45) is 22.0. The number of rotatable bonds is 4. The molecule has 0 aromatic carbocycles. The lowest BCUT2D eigenvalue weighted by Crippen LogP contribution is -2.54. The van der Waals surface area contributed by atoms with E-state index < -0.39 is 0 Å². The van der Waals surface area contributed by atoms with Gasteiger partial charge in [0.15, 0.2) is 0 Å². The second-order valence-electron chi connectivity index (χ2n) is 8.06. The molecular formula is C19H36OSi. The molecule has 1 nitrogen and oxygen atoms in total. The number of hydrogen-bond donors (Lipinski definition) is 0. The van der Waals surface area contributed by atoms with Crippen molar-refractivity contribution >= 4 is 10.5 Å². The highest BCUT2D eigenvalue weighted by molar-refractivity contribution is 5.98. The van der Waals surface area contributed by atoms with Crippen molar-refractivity contribution in [3.63, 3.8) is 0 Å². The fraction of sp³-hybridized carbons (Fsp3) is 1.00. The van der Waals surface area contributed by atoms with E-state index in [2.05, 4.69) is 0 Å². The van der Waals surface area contributed by atoms with Crippen LogP contribution in [-0.2, 0) is 4.43 Å². The van der Waals surface area contributed by atoms with Gasteiger partial charge >= 0.3 is 0 Å². The molecule has 0 N–H and O–H groups in total. The Balaban J connectivity index is 1.85. The Kier molecular flexibility index (Phi) is 5.83. The zero-order valence-electron chi connectivity index (χ0n) is 14.2. The molecule has 0 spiro atoms. The molecule has 0 bridgehead atoms. The molecule has 122 valence electrons. The molecule has 0 amide bonds. The van der Waals surface area contributed by atoms with Gasteiger partial charge < -0.3 is 4.43 Å². The van der Waals surface area contributed by atoms with E-state index in [9.17, 15) is 0 Å². The van der Waals surface area contributed by atoms with Crippen LogP contribution in [0.5, 0.6) is 0 Å². The Bertz CT molecular complexity index is 253. The summed E-state index contributed by atoms with van der Waals surface area (Å²) in [5.41, 5.74) is 0.313. The molecule has 3 fully saturated rings. The second-order valence-corrected chi connectivity index (χ2v) is 8.47. The minimum absolute atomic E-state index is 0.313. The average molecular weight is 309 g/mol. The largest absolute Gasteiger partial charge is 0.422 e. The molecule has 0 aromatic rings. The van der Waals surface area contributed by atoms with E-state index in [0.29, 0.717) is 5.60 Å². The van der Waals surface area contributed by atoms with Gasteiger partial charge in [-0.05, 0) is 56.3 Å². The monoisotopic (exact) mass is 308 g/mol. The van der Waals surface area contributed by atoms with Crippen LogP contribution in [0, 0.1) is 17.8 Å². The first-order chi connectivity index (χ1) is 10.4. The quantitative estimate of drug-likeness (QED) is 0.680. The molecule has 0 radical (unpaired) electrons. The summed E-state index contributed by atoms with van der Waals surface area (Å²) in [5, 5.41) is 0. The average Bonchev–Trinajstić information content (AvgIpc) is 2.59. The fourth-order valence-corrected chi connectivity index (χ4v) is 7.16. The van der Waals surface area contributed by atoms with Gasteiger partial charge in [-0.3, -0.25) is 0 Å². The van der Waals surface area contributed by atoms with Crippen LogP contribution in [0.3, 0.4) is 0 Å². The lowest BCUT2D eigenvalue weighted by molar-refractivity contribution is -0.118. The van der Waals surface area contributed by atoms with Gasteiger partial charge in [-0.2, -0.15) is 0 Å². The van der Waals surface area contributed by atoms with E-state index in [4.69, 9.17) is 4.43 Å². The van der Waals surface area contributed by atoms with Crippen molar-refractivity contribution in [3.05, 3.63) is 0 Å². The zero-order chi connectivity index (χ0) is 14.5. The van der Waals surface area contributed by atoms with Crippen LogP contribution in [0.4, 0.5) is 0 Å². The van der Waals surface area contributed by atoms with Crippen molar-refractivity contribution in [1.82, 2.24) is 0 Å². The summed E-state index contributed by atoms with van der Waals surface area (Å²) in [6, 6.07) is 0. The first kappa shape index (κ1) is 16.0. The molecule has 3 aliphatic rings. The molecule has 3 saturated carbocycles. The van der Waals surface area contributed by atoms with E-state index >= 15 is 0 Å². The summed E-state index contributed by atoms with van der Waals surface area (Å²) >= 11 is 0. The van der Waals surface area contributed by atoms with Gasteiger partial charge in [-0.25, -0.2) is 0 Å². The highest BCUT2D eigenvalue weighted by Gasteiger charge is 2.50. The molecule has 21 heavy (non-hydrogen) atoms. The van der Waals surface area contributed by atoms with Crippen LogP contribution in [0.2, 0.25) is 0 Å². The first-order valence-corrected chi connectivity index (χ1v) is 10.7. The summed E-state index contributed by atoms with van der Waals surface area (Å²) in [6.45, 7) is 0. The first-order valence-electron chi connectivity index (χ1n) is 9.93. The summed E-state index contributed by atoms with van der Waals surface area (Å²) in [4.78, 5) is 0. The Hall–Kier alpha value is 0.177. The van der Waals surface area contributed by atoms with E-state index in [0.717, 1.165) is 28.2 Å². The Morgan fingerprint density at radius 2 is 0.810 bits per heavy atom. The van der Waals surface area contributed by atoms with E-state index in [1.165, 1.54) is 96.3 Å². The van der Waals surface area contributed by atoms with Crippen molar-refractivity contribution in [2.45, 2.75) is 102 Å². The second kappa shape index (κ2) is 7.63. The normalized spacial score (nSPS) is 28.0. The Morgan fingerprint density at radius 3 is 1.05 bits per heavy atom. The van der Waals surface area contributed by atoms with E-state index in [-0.39, 0.29) is 0 Å². The van der Waals surface area contributed by atoms with Crippen molar-refractivity contribution in [2.75, 3.05) is 0 Å². The van der Waals surface area contributed by atoms with Crippen molar-refractivity contribution in [1.29, 1.82) is 0 Å². The summed E-state index contributed by atoms with van der Waals surface area (Å²) in [5.74, 6) is 2.69. The van der Waals surface area contributed by atoms with Crippen LogP contribution >= 0.6 is 0 Å². The molecule has 0 unspecified atom stereocenters. The molecule has 0 saturated heterocycles. The standard InChI is InChI=1S/C19H36OSi/c21-20-19(16-10-4-1-5-11-16,17-12-6-2-7-13-17)18-14-8-3-9-15-18/h16-18H,1-15H2,21H3. The predicted molar refractivity (Wildman–Crippen MR) is 93.5 cm³/mol.